The number of methoxy groups -OCH3 is 1. The molecule has 0 bridgehead atoms. The maximum atomic E-state index is 12.9. The summed E-state index contributed by atoms with van der Waals surface area (Å²) in [5, 5.41) is 70.0. The summed E-state index contributed by atoms with van der Waals surface area (Å²) in [6.07, 6.45) is -7.72. The summed E-state index contributed by atoms with van der Waals surface area (Å²) < 4.78 is 16.5. The number of phenolic OH excluding ortho intramolecular Hbond substituents is 3. The Morgan fingerprint density at radius 1 is 0.970 bits per heavy atom. The van der Waals surface area contributed by atoms with E-state index in [0.29, 0.717) is 0 Å². The zero-order valence-electron chi connectivity index (χ0n) is 17.2. The molecule has 0 radical (unpaired) electrons. The molecular formula is C22H22O11. The molecule has 0 spiro atoms. The van der Waals surface area contributed by atoms with Crippen molar-refractivity contribution in [1.82, 2.24) is 0 Å². The van der Waals surface area contributed by atoms with E-state index in [1.165, 1.54) is 31.4 Å². The lowest BCUT2D eigenvalue weighted by Crippen LogP contribution is -2.55. The minimum absolute atomic E-state index is 0.0323. The molecule has 1 aliphatic rings. The van der Waals surface area contributed by atoms with Crippen molar-refractivity contribution in [3.8, 4) is 34.3 Å². The molecule has 0 aliphatic carbocycles. The molecular weight excluding hydrogens is 440 g/mol. The molecule has 11 nitrogen and oxygen atoms in total. The van der Waals surface area contributed by atoms with E-state index in [-0.39, 0.29) is 39.4 Å². The molecule has 5 unspecified atom stereocenters. The summed E-state index contributed by atoms with van der Waals surface area (Å²) in [5.74, 6) is -1.44. The van der Waals surface area contributed by atoms with Gasteiger partial charge in [-0.25, -0.2) is 0 Å². The monoisotopic (exact) mass is 462 g/mol. The number of benzene rings is 2. The molecule has 11 heteroatoms. The molecule has 4 rings (SSSR count). The van der Waals surface area contributed by atoms with Gasteiger partial charge in [-0.1, -0.05) is 0 Å². The molecule has 3 aromatic rings. The summed E-state index contributed by atoms with van der Waals surface area (Å²) >= 11 is 0. The predicted molar refractivity (Wildman–Crippen MR) is 112 cm³/mol. The summed E-state index contributed by atoms with van der Waals surface area (Å²) in [6.45, 7) is -0.678. The lowest BCUT2D eigenvalue weighted by Gasteiger charge is -2.40. The highest BCUT2D eigenvalue weighted by Gasteiger charge is 2.46. The van der Waals surface area contributed by atoms with Crippen LogP contribution in [0.5, 0.6) is 23.0 Å². The van der Waals surface area contributed by atoms with Gasteiger partial charge in [0.25, 0.3) is 0 Å². The lowest BCUT2D eigenvalue weighted by atomic mass is 9.89. The third-order valence-electron chi connectivity index (χ3n) is 5.65. The normalized spacial score (nSPS) is 25.3. The summed E-state index contributed by atoms with van der Waals surface area (Å²) in [4.78, 5) is 12.9. The Bertz CT molecular complexity index is 1250. The Labute approximate surface area is 185 Å². The van der Waals surface area contributed by atoms with Gasteiger partial charge in [-0.2, -0.15) is 0 Å². The number of fused-ring (bicyclic) bond motifs is 1. The lowest BCUT2D eigenvalue weighted by molar-refractivity contribution is -0.232. The van der Waals surface area contributed by atoms with Gasteiger partial charge >= 0.3 is 0 Å². The molecule has 0 saturated carbocycles. The van der Waals surface area contributed by atoms with Gasteiger partial charge in [-0.3, -0.25) is 4.79 Å². The van der Waals surface area contributed by atoms with Crippen LogP contribution in [-0.2, 0) is 4.74 Å². The molecule has 7 N–H and O–H groups in total. The molecule has 1 saturated heterocycles. The Morgan fingerprint density at radius 2 is 1.70 bits per heavy atom. The summed E-state index contributed by atoms with van der Waals surface area (Å²) in [7, 11) is 1.26. The Morgan fingerprint density at radius 3 is 2.33 bits per heavy atom. The number of aliphatic hydroxyl groups excluding tert-OH is 4. The quantitative estimate of drug-likeness (QED) is 0.260. The number of phenols is 3. The van der Waals surface area contributed by atoms with Crippen LogP contribution in [0.15, 0.2) is 39.5 Å². The predicted octanol–water partition coefficient (Wildman–Crippen LogP) is 0.100. The van der Waals surface area contributed by atoms with Crippen LogP contribution in [-0.4, -0.2) is 73.9 Å². The van der Waals surface area contributed by atoms with Gasteiger partial charge in [-0.05, 0) is 18.2 Å². The second kappa shape index (κ2) is 8.54. The van der Waals surface area contributed by atoms with E-state index in [2.05, 4.69) is 0 Å². The minimum Gasteiger partial charge on any atom is -0.506 e. The van der Waals surface area contributed by atoms with Crippen molar-refractivity contribution in [2.45, 2.75) is 30.5 Å². The zero-order chi connectivity index (χ0) is 24.0. The first kappa shape index (κ1) is 22.8. The number of hydrogen-bond acceptors (Lipinski definition) is 11. The second-order valence-corrected chi connectivity index (χ2v) is 7.64. The molecule has 1 aliphatic heterocycles. The minimum atomic E-state index is -1.72. The van der Waals surface area contributed by atoms with Crippen LogP contribution in [0.25, 0.3) is 22.3 Å². The molecule has 2 aromatic carbocycles. The molecule has 5 atom stereocenters. The largest absolute Gasteiger partial charge is 0.506 e. The third kappa shape index (κ3) is 3.75. The van der Waals surface area contributed by atoms with Crippen LogP contribution >= 0.6 is 0 Å². The average Bonchev–Trinajstić information content (AvgIpc) is 2.79. The van der Waals surface area contributed by atoms with Gasteiger partial charge < -0.3 is 49.6 Å². The maximum Gasteiger partial charge on any atom is 0.197 e. The molecule has 0 amide bonds. The summed E-state index contributed by atoms with van der Waals surface area (Å²) in [6, 6.07) is 6.17. The van der Waals surface area contributed by atoms with E-state index in [0.717, 1.165) is 6.07 Å². The van der Waals surface area contributed by atoms with Crippen molar-refractivity contribution >= 4 is 11.0 Å². The van der Waals surface area contributed by atoms with Crippen LogP contribution in [0.1, 0.15) is 11.7 Å². The SMILES string of the molecule is COc1cc2oc(-c3ccc(O)c(O)c3)cc(=O)c2c(O)c1C1OC(CO)C(O)C(O)C1O. The highest BCUT2D eigenvalue weighted by Crippen LogP contribution is 2.45. The van der Waals surface area contributed by atoms with Crippen molar-refractivity contribution in [2.75, 3.05) is 13.7 Å². The first-order valence-electron chi connectivity index (χ1n) is 9.88. The molecule has 176 valence electrons. The Hall–Kier alpha value is -3.35. The fourth-order valence-corrected chi connectivity index (χ4v) is 3.90. The molecule has 33 heavy (non-hydrogen) atoms. The van der Waals surface area contributed by atoms with Crippen molar-refractivity contribution in [3.63, 3.8) is 0 Å². The van der Waals surface area contributed by atoms with Gasteiger partial charge in [0.15, 0.2) is 16.9 Å². The third-order valence-corrected chi connectivity index (χ3v) is 5.65. The van der Waals surface area contributed by atoms with Crippen molar-refractivity contribution < 1.29 is 49.6 Å². The Kier molecular flexibility index (Phi) is 5.91. The smallest absolute Gasteiger partial charge is 0.197 e. The van der Waals surface area contributed by atoms with Crippen LogP contribution in [0.2, 0.25) is 0 Å². The second-order valence-electron chi connectivity index (χ2n) is 7.64. The summed E-state index contributed by atoms with van der Waals surface area (Å²) in [5.41, 5.74) is -0.664. The maximum absolute atomic E-state index is 12.9. The fourth-order valence-electron chi connectivity index (χ4n) is 3.90. The van der Waals surface area contributed by atoms with Gasteiger partial charge in [0.05, 0.1) is 19.3 Å². The number of ether oxygens (including phenoxy) is 2. The van der Waals surface area contributed by atoms with Crippen molar-refractivity contribution in [1.29, 1.82) is 0 Å². The van der Waals surface area contributed by atoms with Crippen molar-refractivity contribution in [2.24, 2.45) is 0 Å². The van der Waals surface area contributed by atoms with E-state index in [9.17, 15) is 40.5 Å². The Balaban J connectivity index is 1.89. The van der Waals surface area contributed by atoms with Crippen LogP contribution in [0.3, 0.4) is 0 Å². The standard InChI is InChI=1S/C22H22O11/c1-31-13-6-14-16(11(26)5-12(32-14)8-2-3-9(24)10(25)4-8)19(28)17(13)22-21(30)20(29)18(27)15(7-23)33-22/h2-6,15,18,20-25,27-30H,7H2,1H3. The highest BCUT2D eigenvalue weighted by molar-refractivity contribution is 5.88. The van der Waals surface area contributed by atoms with E-state index < -0.39 is 54.1 Å². The number of rotatable bonds is 4. The first-order chi connectivity index (χ1) is 15.7. The van der Waals surface area contributed by atoms with E-state index in [1.54, 1.807) is 0 Å². The molecule has 1 aromatic heterocycles. The average molecular weight is 462 g/mol. The fraction of sp³-hybridized carbons (Fsp3) is 0.318. The molecule has 1 fully saturated rings. The topological polar surface area (TPSA) is 190 Å². The zero-order valence-corrected chi connectivity index (χ0v) is 17.2. The van der Waals surface area contributed by atoms with Crippen LogP contribution in [0.4, 0.5) is 0 Å². The number of aromatic hydroxyl groups is 3. The van der Waals surface area contributed by atoms with Crippen LogP contribution < -0.4 is 10.2 Å². The van der Waals surface area contributed by atoms with E-state index in [4.69, 9.17) is 13.9 Å². The molecule has 2 heterocycles. The number of hydrogen-bond donors (Lipinski definition) is 7. The van der Waals surface area contributed by atoms with E-state index >= 15 is 0 Å². The first-order valence-corrected chi connectivity index (χ1v) is 9.88. The van der Waals surface area contributed by atoms with Gasteiger partial charge in [0, 0.05) is 17.7 Å². The van der Waals surface area contributed by atoms with Crippen molar-refractivity contribution in [3.05, 3.63) is 46.1 Å². The van der Waals surface area contributed by atoms with Gasteiger partial charge in [0.1, 0.15) is 58.7 Å². The highest BCUT2D eigenvalue weighted by atomic mass is 16.5. The van der Waals surface area contributed by atoms with Gasteiger partial charge in [0.2, 0.25) is 0 Å². The number of aliphatic hydroxyl groups is 4. The van der Waals surface area contributed by atoms with Gasteiger partial charge in [-0.15, -0.1) is 0 Å². The van der Waals surface area contributed by atoms with E-state index in [1.807, 2.05) is 0 Å². The van der Waals surface area contributed by atoms with Crippen LogP contribution in [0, 0.1) is 0 Å².